The maximum Gasteiger partial charge on any atom is 0.417 e. The molecule has 21 heavy (non-hydrogen) atoms. The first-order valence-electron chi connectivity index (χ1n) is 5.69. The van der Waals surface area contributed by atoms with Crippen LogP contribution in [0.5, 0.6) is 0 Å². The quantitative estimate of drug-likeness (QED) is 0.528. The molecule has 1 rings (SSSR count). The van der Waals surface area contributed by atoms with Crippen molar-refractivity contribution in [3.63, 3.8) is 0 Å². The Bertz CT molecular complexity index is 536. The van der Waals surface area contributed by atoms with Gasteiger partial charge in [-0.2, -0.15) is 26.3 Å². The van der Waals surface area contributed by atoms with Crippen LogP contribution >= 0.6 is 0 Å². The topological polar surface area (TPSA) is 52.3 Å². The minimum absolute atomic E-state index is 0.112. The number of nitrogens with two attached hydrogens (primary N) is 1. The van der Waals surface area contributed by atoms with Gasteiger partial charge < -0.3 is 10.5 Å². The maximum absolute atomic E-state index is 12.9. The van der Waals surface area contributed by atoms with Crippen LogP contribution in [0.2, 0.25) is 0 Å². The van der Waals surface area contributed by atoms with E-state index in [-0.39, 0.29) is 12.7 Å². The van der Waals surface area contributed by atoms with Crippen molar-refractivity contribution in [1.29, 1.82) is 0 Å². The fourth-order valence-corrected chi connectivity index (χ4v) is 1.77. The van der Waals surface area contributed by atoms with Crippen LogP contribution in [0.25, 0.3) is 0 Å². The van der Waals surface area contributed by atoms with Gasteiger partial charge >= 0.3 is 18.3 Å². The van der Waals surface area contributed by atoms with Crippen LogP contribution in [0.15, 0.2) is 12.1 Å². The van der Waals surface area contributed by atoms with Gasteiger partial charge in [0.15, 0.2) is 0 Å². The summed E-state index contributed by atoms with van der Waals surface area (Å²) >= 11 is 0. The van der Waals surface area contributed by atoms with Gasteiger partial charge in [0.1, 0.15) is 0 Å². The van der Waals surface area contributed by atoms with Crippen LogP contribution < -0.4 is 5.73 Å². The predicted molar refractivity (Wildman–Crippen MR) is 61.2 cm³/mol. The van der Waals surface area contributed by atoms with Gasteiger partial charge in [0.05, 0.1) is 24.2 Å². The van der Waals surface area contributed by atoms with Gasteiger partial charge in [0.25, 0.3) is 0 Å². The second-order valence-electron chi connectivity index (χ2n) is 4.03. The van der Waals surface area contributed by atoms with Crippen LogP contribution in [-0.4, -0.2) is 12.6 Å². The molecule has 0 spiro atoms. The molecular weight excluding hydrogens is 304 g/mol. The molecule has 0 heterocycles. The van der Waals surface area contributed by atoms with Gasteiger partial charge in [-0.1, -0.05) is 0 Å². The molecule has 1 aromatic carbocycles. The molecule has 3 nitrogen and oxygen atoms in total. The second-order valence-corrected chi connectivity index (χ2v) is 4.03. The van der Waals surface area contributed by atoms with Crippen molar-refractivity contribution < 1.29 is 35.9 Å². The zero-order valence-corrected chi connectivity index (χ0v) is 10.7. The maximum atomic E-state index is 12.9. The molecule has 0 aliphatic rings. The Hall–Kier alpha value is -1.93. The summed E-state index contributed by atoms with van der Waals surface area (Å²) in [6.07, 6.45) is -11.5. The second kappa shape index (κ2) is 5.82. The largest absolute Gasteiger partial charge is 0.466 e. The third-order valence-electron chi connectivity index (χ3n) is 2.56. The molecule has 0 aliphatic heterocycles. The van der Waals surface area contributed by atoms with Gasteiger partial charge in [0.2, 0.25) is 0 Å². The fraction of sp³-hybridized carbons (Fsp3) is 0.417. The molecule has 1 aromatic rings. The highest BCUT2D eigenvalue weighted by Gasteiger charge is 2.45. The standard InChI is InChI=1S/C12H11F6NO2/c1-2-21-9(20)5-6-8(19)4-3-7(11(13,14)15)10(6)12(16,17)18/h3-4H,2,5,19H2,1H3. The van der Waals surface area contributed by atoms with E-state index < -0.39 is 47.1 Å². The van der Waals surface area contributed by atoms with Crippen LogP contribution in [-0.2, 0) is 28.3 Å². The number of anilines is 1. The Labute approximate surface area is 115 Å². The summed E-state index contributed by atoms with van der Waals surface area (Å²) < 4.78 is 81.5. The van der Waals surface area contributed by atoms with Crippen molar-refractivity contribution in [2.45, 2.75) is 25.7 Å². The Morgan fingerprint density at radius 1 is 1.14 bits per heavy atom. The predicted octanol–water partition coefficient (Wildman–Crippen LogP) is 3.41. The average molecular weight is 315 g/mol. The Morgan fingerprint density at radius 3 is 2.14 bits per heavy atom. The number of nitrogen functional groups attached to an aromatic ring is 1. The van der Waals surface area contributed by atoms with E-state index in [0.29, 0.717) is 6.07 Å². The Morgan fingerprint density at radius 2 is 1.71 bits per heavy atom. The molecule has 0 saturated heterocycles. The van der Waals surface area contributed by atoms with Gasteiger partial charge in [0, 0.05) is 5.69 Å². The number of ether oxygens (including phenoxy) is 1. The molecule has 9 heteroatoms. The van der Waals surface area contributed by atoms with Gasteiger partial charge in [-0.25, -0.2) is 0 Å². The molecule has 0 aromatic heterocycles. The lowest BCUT2D eigenvalue weighted by Gasteiger charge is -2.20. The summed E-state index contributed by atoms with van der Waals surface area (Å²) in [7, 11) is 0. The lowest BCUT2D eigenvalue weighted by atomic mass is 9.96. The lowest BCUT2D eigenvalue weighted by molar-refractivity contribution is -0.162. The minimum atomic E-state index is -5.30. The number of carbonyl (C=O) groups excluding carboxylic acids is 1. The lowest BCUT2D eigenvalue weighted by Crippen LogP contribution is -2.22. The molecule has 0 unspecified atom stereocenters. The number of hydrogen-bond acceptors (Lipinski definition) is 3. The van der Waals surface area contributed by atoms with E-state index in [1.807, 2.05) is 0 Å². The number of rotatable bonds is 3. The summed E-state index contributed by atoms with van der Waals surface area (Å²) in [5.41, 5.74) is -0.0285. The van der Waals surface area contributed by atoms with E-state index in [9.17, 15) is 31.1 Å². The highest BCUT2D eigenvalue weighted by atomic mass is 19.4. The molecule has 0 bridgehead atoms. The van der Waals surface area contributed by atoms with E-state index in [2.05, 4.69) is 4.74 Å². The van der Waals surface area contributed by atoms with Gasteiger partial charge in [-0.05, 0) is 24.6 Å². The van der Waals surface area contributed by atoms with Crippen LogP contribution in [0.3, 0.4) is 0 Å². The summed E-state index contributed by atoms with van der Waals surface area (Å²) in [4.78, 5) is 11.3. The zero-order chi connectivity index (χ0) is 16.4. The summed E-state index contributed by atoms with van der Waals surface area (Å²) in [6, 6.07) is 0.930. The average Bonchev–Trinajstić information content (AvgIpc) is 2.28. The monoisotopic (exact) mass is 315 g/mol. The van der Waals surface area contributed by atoms with Crippen molar-refractivity contribution in [3.8, 4) is 0 Å². The van der Waals surface area contributed by atoms with Crippen molar-refractivity contribution in [1.82, 2.24) is 0 Å². The molecule has 0 aliphatic carbocycles. The summed E-state index contributed by atoms with van der Waals surface area (Å²) in [6.45, 7) is 1.30. The van der Waals surface area contributed by atoms with Gasteiger partial charge in [-0.15, -0.1) is 0 Å². The van der Waals surface area contributed by atoms with E-state index in [1.165, 1.54) is 6.92 Å². The van der Waals surface area contributed by atoms with Gasteiger partial charge in [-0.3, -0.25) is 4.79 Å². The van der Waals surface area contributed by atoms with Crippen molar-refractivity contribution in [2.24, 2.45) is 0 Å². The van der Waals surface area contributed by atoms with E-state index in [0.717, 1.165) is 0 Å². The Kier molecular flexibility index (Phi) is 4.75. The van der Waals surface area contributed by atoms with Crippen molar-refractivity contribution in [3.05, 3.63) is 28.8 Å². The molecule has 2 N–H and O–H groups in total. The highest BCUT2D eigenvalue weighted by Crippen LogP contribution is 2.43. The van der Waals surface area contributed by atoms with Crippen LogP contribution in [0.1, 0.15) is 23.6 Å². The number of benzene rings is 1. The molecule has 118 valence electrons. The Balaban J connectivity index is 3.50. The number of hydrogen-bond donors (Lipinski definition) is 1. The molecular formula is C12H11F6NO2. The number of esters is 1. The summed E-state index contributed by atoms with van der Waals surface area (Å²) in [5, 5.41) is 0. The van der Waals surface area contributed by atoms with Crippen LogP contribution in [0.4, 0.5) is 32.0 Å². The number of alkyl halides is 6. The molecule has 0 amide bonds. The van der Waals surface area contributed by atoms with E-state index in [4.69, 9.17) is 5.73 Å². The highest BCUT2D eigenvalue weighted by molar-refractivity contribution is 5.76. The molecule has 0 fully saturated rings. The number of carbonyl (C=O) groups is 1. The number of halogens is 6. The molecule has 0 saturated carbocycles. The molecule has 0 atom stereocenters. The molecule has 0 radical (unpaired) electrons. The third kappa shape index (κ3) is 4.02. The smallest absolute Gasteiger partial charge is 0.417 e. The normalized spacial score (nSPS) is 12.3. The first-order chi connectivity index (χ1) is 9.48. The zero-order valence-electron chi connectivity index (χ0n) is 10.7. The first-order valence-corrected chi connectivity index (χ1v) is 5.69. The first kappa shape index (κ1) is 17.1. The van der Waals surface area contributed by atoms with E-state index >= 15 is 0 Å². The SMILES string of the molecule is CCOC(=O)Cc1c(N)ccc(C(F)(F)F)c1C(F)(F)F. The third-order valence-corrected chi connectivity index (χ3v) is 2.56. The van der Waals surface area contributed by atoms with E-state index in [1.54, 1.807) is 0 Å². The fourth-order valence-electron chi connectivity index (χ4n) is 1.77. The minimum Gasteiger partial charge on any atom is -0.466 e. The van der Waals surface area contributed by atoms with Crippen molar-refractivity contribution >= 4 is 11.7 Å². The summed E-state index contributed by atoms with van der Waals surface area (Å²) in [5.74, 6) is -1.09. The van der Waals surface area contributed by atoms with Crippen LogP contribution in [0, 0.1) is 0 Å². The van der Waals surface area contributed by atoms with Crippen molar-refractivity contribution in [2.75, 3.05) is 12.3 Å².